The first-order valence-electron chi connectivity index (χ1n) is 5.96. The number of amides is 1. The van der Waals surface area contributed by atoms with Gasteiger partial charge in [0.15, 0.2) is 0 Å². The van der Waals surface area contributed by atoms with Crippen LogP contribution in [0.15, 0.2) is 17.7 Å². The zero-order valence-corrected chi connectivity index (χ0v) is 11.8. The van der Waals surface area contributed by atoms with Crippen molar-refractivity contribution in [3.05, 3.63) is 26.9 Å². The van der Waals surface area contributed by atoms with E-state index < -0.39 is 0 Å². The average molecular weight is 297 g/mol. The molecule has 1 fully saturated rings. The smallest absolute Gasteiger partial charge is 0.262 e. The highest BCUT2D eigenvalue weighted by atomic mass is 35.5. The Morgan fingerprint density at radius 2 is 2.53 bits per heavy atom. The number of carbonyl (C=O) groups excluding carboxylic acids is 1. The standard InChI is InChI=1S/C13H13ClN2O2S/c14-12-4-3-11(19-12)6-9(7-15)13(17)16-8-10-2-1-5-18-10/h3-4,6,10H,1-2,5,8H2,(H,16,17)/b9-6+. The van der Waals surface area contributed by atoms with Gasteiger partial charge in [0.25, 0.3) is 5.91 Å². The lowest BCUT2D eigenvalue weighted by atomic mass is 10.2. The van der Waals surface area contributed by atoms with E-state index in [2.05, 4.69) is 5.32 Å². The summed E-state index contributed by atoms with van der Waals surface area (Å²) in [5.41, 5.74) is 0.0801. The van der Waals surface area contributed by atoms with Crippen LogP contribution in [0.3, 0.4) is 0 Å². The molecule has 1 atom stereocenters. The lowest BCUT2D eigenvalue weighted by molar-refractivity contribution is -0.117. The lowest BCUT2D eigenvalue weighted by Crippen LogP contribution is -2.32. The highest BCUT2D eigenvalue weighted by Gasteiger charge is 2.17. The van der Waals surface area contributed by atoms with Crippen molar-refractivity contribution < 1.29 is 9.53 Å². The zero-order valence-electron chi connectivity index (χ0n) is 10.2. The largest absolute Gasteiger partial charge is 0.376 e. The van der Waals surface area contributed by atoms with Gasteiger partial charge in [-0.05, 0) is 31.1 Å². The van der Waals surface area contributed by atoms with Gasteiger partial charge >= 0.3 is 0 Å². The van der Waals surface area contributed by atoms with Crippen molar-refractivity contribution in [2.75, 3.05) is 13.2 Å². The second kappa shape index (κ2) is 6.71. The molecule has 0 aromatic carbocycles. The molecule has 0 spiro atoms. The van der Waals surface area contributed by atoms with E-state index >= 15 is 0 Å². The third kappa shape index (κ3) is 4.06. The maximum atomic E-state index is 11.9. The van der Waals surface area contributed by atoms with Crippen LogP contribution in [-0.2, 0) is 9.53 Å². The van der Waals surface area contributed by atoms with Crippen molar-refractivity contribution in [3.8, 4) is 6.07 Å². The first-order valence-corrected chi connectivity index (χ1v) is 7.15. The van der Waals surface area contributed by atoms with E-state index in [1.165, 1.54) is 11.3 Å². The van der Waals surface area contributed by atoms with Gasteiger partial charge in [0.1, 0.15) is 11.6 Å². The van der Waals surface area contributed by atoms with Gasteiger partial charge in [-0.1, -0.05) is 11.6 Å². The van der Waals surface area contributed by atoms with E-state index in [0.717, 1.165) is 24.3 Å². The molecule has 6 heteroatoms. The first-order chi connectivity index (χ1) is 9.19. The van der Waals surface area contributed by atoms with Crippen molar-refractivity contribution in [2.45, 2.75) is 18.9 Å². The minimum absolute atomic E-state index is 0.0695. The van der Waals surface area contributed by atoms with Gasteiger partial charge in [0.05, 0.1) is 10.4 Å². The Morgan fingerprint density at radius 1 is 1.68 bits per heavy atom. The molecular weight excluding hydrogens is 284 g/mol. The number of hydrogen-bond donors (Lipinski definition) is 1. The summed E-state index contributed by atoms with van der Waals surface area (Å²) in [6.07, 6.45) is 3.59. The van der Waals surface area contributed by atoms with Crippen LogP contribution in [0, 0.1) is 11.3 Å². The Balaban J connectivity index is 1.95. The molecule has 19 heavy (non-hydrogen) atoms. The molecule has 1 aromatic rings. The fraction of sp³-hybridized carbons (Fsp3) is 0.385. The minimum atomic E-state index is -0.373. The topological polar surface area (TPSA) is 62.1 Å². The van der Waals surface area contributed by atoms with Gasteiger partial charge in [-0.2, -0.15) is 5.26 Å². The Kier molecular flexibility index (Phi) is 4.97. The molecular formula is C13H13ClN2O2S. The lowest BCUT2D eigenvalue weighted by Gasteiger charge is -2.09. The summed E-state index contributed by atoms with van der Waals surface area (Å²) >= 11 is 7.13. The fourth-order valence-corrected chi connectivity index (χ4v) is 2.81. The molecule has 0 bridgehead atoms. The SMILES string of the molecule is N#C/C(=C\c1ccc(Cl)s1)C(=O)NCC1CCCO1. The normalized spacial score (nSPS) is 19.2. The number of hydrogen-bond acceptors (Lipinski definition) is 4. The Morgan fingerprint density at radius 3 is 3.11 bits per heavy atom. The first kappa shape index (κ1) is 14.1. The molecule has 0 saturated carbocycles. The Labute approximate surface area is 120 Å². The maximum Gasteiger partial charge on any atom is 0.262 e. The van der Waals surface area contributed by atoms with Crippen LogP contribution < -0.4 is 5.32 Å². The van der Waals surface area contributed by atoms with Gasteiger partial charge in [0, 0.05) is 18.0 Å². The molecule has 2 heterocycles. The van der Waals surface area contributed by atoms with Crippen LogP contribution in [0.5, 0.6) is 0 Å². The van der Waals surface area contributed by atoms with E-state index in [9.17, 15) is 4.79 Å². The van der Waals surface area contributed by atoms with Gasteiger partial charge < -0.3 is 10.1 Å². The molecule has 0 aliphatic carbocycles. The van der Waals surface area contributed by atoms with Crippen LogP contribution in [0.25, 0.3) is 6.08 Å². The van der Waals surface area contributed by atoms with E-state index in [1.807, 2.05) is 6.07 Å². The van der Waals surface area contributed by atoms with Crippen molar-refractivity contribution in [3.63, 3.8) is 0 Å². The number of thiophene rings is 1. The van der Waals surface area contributed by atoms with Crippen LogP contribution in [0.4, 0.5) is 0 Å². The Bertz CT molecular complexity index is 527. The quantitative estimate of drug-likeness (QED) is 0.686. The summed E-state index contributed by atoms with van der Waals surface area (Å²) in [7, 11) is 0. The van der Waals surface area contributed by atoms with Crippen LogP contribution >= 0.6 is 22.9 Å². The average Bonchev–Trinajstić information content (AvgIpc) is 3.04. The van der Waals surface area contributed by atoms with E-state index in [4.69, 9.17) is 21.6 Å². The number of ether oxygens (including phenoxy) is 1. The predicted octanol–water partition coefficient (Wildman–Crippen LogP) is 2.60. The van der Waals surface area contributed by atoms with Crippen molar-refractivity contribution in [2.24, 2.45) is 0 Å². The van der Waals surface area contributed by atoms with Gasteiger partial charge in [-0.25, -0.2) is 0 Å². The molecule has 2 rings (SSSR count). The van der Waals surface area contributed by atoms with E-state index in [-0.39, 0.29) is 17.6 Å². The molecule has 1 aromatic heterocycles. The molecule has 1 aliphatic heterocycles. The summed E-state index contributed by atoms with van der Waals surface area (Å²) in [5, 5.41) is 11.7. The zero-order chi connectivity index (χ0) is 13.7. The summed E-state index contributed by atoms with van der Waals surface area (Å²) in [6.45, 7) is 1.19. The predicted molar refractivity (Wildman–Crippen MR) is 74.9 cm³/mol. The third-order valence-corrected chi connectivity index (χ3v) is 3.94. The van der Waals surface area contributed by atoms with Gasteiger partial charge in [-0.15, -0.1) is 11.3 Å². The number of rotatable bonds is 4. The van der Waals surface area contributed by atoms with Crippen LogP contribution in [0.2, 0.25) is 4.34 Å². The highest BCUT2D eigenvalue weighted by molar-refractivity contribution is 7.17. The van der Waals surface area contributed by atoms with Crippen molar-refractivity contribution >= 4 is 34.9 Å². The molecule has 1 amide bonds. The number of nitriles is 1. The molecule has 1 aliphatic rings. The summed E-state index contributed by atoms with van der Waals surface area (Å²) in [4.78, 5) is 12.6. The van der Waals surface area contributed by atoms with Gasteiger partial charge in [-0.3, -0.25) is 4.79 Å². The maximum absolute atomic E-state index is 11.9. The van der Waals surface area contributed by atoms with Crippen molar-refractivity contribution in [1.29, 1.82) is 5.26 Å². The Hall–Kier alpha value is -1.35. The molecule has 4 nitrogen and oxygen atoms in total. The van der Waals surface area contributed by atoms with E-state index in [1.54, 1.807) is 18.2 Å². The summed E-state index contributed by atoms with van der Waals surface area (Å²) in [6, 6.07) is 5.42. The molecule has 1 unspecified atom stereocenters. The summed E-state index contributed by atoms with van der Waals surface area (Å²) < 4.78 is 6.03. The van der Waals surface area contributed by atoms with Gasteiger partial charge in [0.2, 0.25) is 0 Å². The van der Waals surface area contributed by atoms with Crippen LogP contribution in [0.1, 0.15) is 17.7 Å². The molecule has 0 radical (unpaired) electrons. The monoisotopic (exact) mass is 296 g/mol. The highest BCUT2D eigenvalue weighted by Crippen LogP contribution is 2.23. The number of carbonyl (C=O) groups is 1. The third-order valence-electron chi connectivity index (χ3n) is 2.76. The van der Waals surface area contributed by atoms with Crippen molar-refractivity contribution in [1.82, 2.24) is 5.32 Å². The van der Waals surface area contributed by atoms with E-state index in [0.29, 0.717) is 10.9 Å². The molecule has 1 N–H and O–H groups in total. The fourth-order valence-electron chi connectivity index (χ4n) is 1.80. The molecule has 1 saturated heterocycles. The number of halogens is 1. The summed E-state index contributed by atoms with van der Waals surface area (Å²) in [5.74, 6) is -0.373. The second-order valence-corrected chi connectivity index (χ2v) is 5.90. The van der Waals surface area contributed by atoms with Crippen LogP contribution in [-0.4, -0.2) is 25.2 Å². The number of nitrogens with one attached hydrogen (secondary N) is 1. The minimum Gasteiger partial charge on any atom is -0.376 e. The number of nitrogens with zero attached hydrogens (tertiary/aromatic N) is 1. The molecule has 100 valence electrons. The second-order valence-electron chi connectivity index (χ2n) is 4.16.